The molecule has 4 rings (SSSR count). The van der Waals surface area contributed by atoms with Gasteiger partial charge in [0.05, 0.1) is 5.69 Å². The predicted octanol–water partition coefficient (Wildman–Crippen LogP) is 3.65. The lowest BCUT2D eigenvalue weighted by Crippen LogP contribution is -2.36. The van der Waals surface area contributed by atoms with Crippen molar-refractivity contribution in [3.8, 4) is 16.9 Å². The van der Waals surface area contributed by atoms with E-state index in [1.54, 1.807) is 42.6 Å². The van der Waals surface area contributed by atoms with E-state index in [1.807, 2.05) is 13.0 Å². The number of thioether (sulfide) groups is 1. The number of halogens is 3. The summed E-state index contributed by atoms with van der Waals surface area (Å²) in [4.78, 5) is 32.4. The van der Waals surface area contributed by atoms with Crippen LogP contribution >= 0.6 is 11.8 Å². The van der Waals surface area contributed by atoms with Gasteiger partial charge in [-0.05, 0) is 104 Å². The second-order valence-electron chi connectivity index (χ2n) is 10.7. The van der Waals surface area contributed by atoms with Crippen LogP contribution in [-0.4, -0.2) is 51.0 Å². The Kier molecular flexibility index (Phi) is 10.9. The number of hydrogen-bond donors (Lipinski definition) is 7. The number of benzene rings is 2. The van der Waals surface area contributed by atoms with Gasteiger partial charge in [0.25, 0.3) is 0 Å². The minimum Gasteiger partial charge on any atom is -0.370 e. The molecular formula is C30H36F3N9O2S. The van der Waals surface area contributed by atoms with Gasteiger partial charge in [0.15, 0.2) is 5.96 Å². The number of alkyl halides is 3. The van der Waals surface area contributed by atoms with Gasteiger partial charge in [-0.15, -0.1) is 0 Å². The smallest absolute Gasteiger partial charge is 0.370 e. The molecule has 0 bridgehead atoms. The number of nitrogens with one attached hydrogen (secondary N) is 4. The lowest BCUT2D eigenvalue weighted by Gasteiger charge is -2.16. The van der Waals surface area contributed by atoms with Crippen molar-refractivity contribution in [2.45, 2.75) is 55.1 Å². The number of aromatic amines is 1. The SMILES string of the molecule is C[C@H](N)CCCc1cc(SC(F)(F)F)cc(-c2cc3cn(-c4ccc([C@@H](NCCCNC(=N)N)C(N)=O)cc4)c(=O)nc3[nH]2)c1. The normalized spacial score (nSPS) is 13.1. The van der Waals surface area contributed by atoms with Crippen molar-refractivity contribution in [1.82, 2.24) is 25.2 Å². The van der Waals surface area contributed by atoms with Crippen LogP contribution in [0.1, 0.15) is 43.4 Å². The highest BCUT2D eigenvalue weighted by Crippen LogP contribution is 2.39. The van der Waals surface area contributed by atoms with E-state index in [4.69, 9.17) is 22.6 Å². The first kappa shape index (κ1) is 33.6. The first-order valence-electron chi connectivity index (χ1n) is 14.3. The number of H-pyrrole nitrogens is 1. The van der Waals surface area contributed by atoms with Crippen molar-refractivity contribution < 1.29 is 18.0 Å². The third-order valence-corrected chi connectivity index (χ3v) is 7.65. The third kappa shape index (κ3) is 9.57. The summed E-state index contributed by atoms with van der Waals surface area (Å²) in [7, 11) is 0. The number of aryl methyl sites for hydroxylation is 1. The van der Waals surface area contributed by atoms with Gasteiger partial charge in [-0.3, -0.25) is 14.8 Å². The third-order valence-electron chi connectivity index (χ3n) is 6.95. The Balaban J connectivity index is 1.58. The standard InChI is InChI=1S/C30H36F3N9O2S/c1-17(34)4-2-5-18-12-20(14-23(13-18)45-30(31,32)33)24-15-21-16-42(29(44)41-27(21)40-24)22-8-6-19(7-9-22)25(26(35)43)38-10-3-11-39-28(36)37/h6-9,12-17,25,38H,2-5,10-11,34H2,1H3,(H2,35,43)(H4,36,37,39)(H,40,41,44)/t17-,25+/m0/s1. The summed E-state index contributed by atoms with van der Waals surface area (Å²) in [5.41, 5.74) is 14.9. The Morgan fingerprint density at radius 3 is 2.49 bits per heavy atom. The number of primary amides is 1. The molecule has 15 heteroatoms. The van der Waals surface area contributed by atoms with E-state index in [-0.39, 0.29) is 28.7 Å². The van der Waals surface area contributed by atoms with E-state index in [2.05, 4.69) is 20.6 Å². The molecule has 0 aliphatic carbocycles. The van der Waals surface area contributed by atoms with Crippen molar-refractivity contribution >= 4 is 34.7 Å². The molecule has 2 aromatic carbocycles. The number of rotatable bonds is 14. The van der Waals surface area contributed by atoms with Gasteiger partial charge in [-0.2, -0.15) is 18.2 Å². The Bertz CT molecular complexity index is 1700. The van der Waals surface area contributed by atoms with E-state index in [0.717, 1.165) is 18.4 Å². The quantitative estimate of drug-likeness (QED) is 0.0468. The molecule has 0 unspecified atom stereocenters. The van der Waals surface area contributed by atoms with E-state index in [0.29, 0.717) is 59.5 Å². The number of nitrogens with two attached hydrogens (primary N) is 3. The number of fused-ring (bicyclic) bond motifs is 1. The largest absolute Gasteiger partial charge is 0.446 e. The number of hydrogen-bond acceptors (Lipinski definition) is 7. The van der Waals surface area contributed by atoms with Crippen LogP contribution in [0.4, 0.5) is 13.2 Å². The molecule has 0 aliphatic rings. The molecule has 0 saturated carbocycles. The number of nitrogens with zero attached hydrogens (tertiary/aromatic N) is 2. The molecule has 2 heterocycles. The summed E-state index contributed by atoms with van der Waals surface area (Å²) >= 11 is -0.172. The highest BCUT2D eigenvalue weighted by molar-refractivity contribution is 8.00. The zero-order valence-electron chi connectivity index (χ0n) is 24.6. The minimum atomic E-state index is -4.44. The van der Waals surface area contributed by atoms with Gasteiger partial charge in [-0.1, -0.05) is 12.1 Å². The Labute approximate surface area is 261 Å². The van der Waals surface area contributed by atoms with Crippen molar-refractivity contribution in [3.05, 3.63) is 76.3 Å². The van der Waals surface area contributed by atoms with Crippen molar-refractivity contribution in [1.29, 1.82) is 5.41 Å². The van der Waals surface area contributed by atoms with Gasteiger partial charge in [0.2, 0.25) is 5.91 Å². The van der Waals surface area contributed by atoms with Crippen LogP contribution in [-0.2, 0) is 11.2 Å². The van der Waals surface area contributed by atoms with Gasteiger partial charge < -0.3 is 32.8 Å². The minimum absolute atomic E-state index is 0.00505. The second kappa shape index (κ2) is 14.6. The summed E-state index contributed by atoms with van der Waals surface area (Å²) < 4.78 is 41.1. The van der Waals surface area contributed by atoms with Crippen molar-refractivity contribution in [3.63, 3.8) is 0 Å². The lowest BCUT2D eigenvalue weighted by atomic mass is 10.0. The van der Waals surface area contributed by atoms with Gasteiger partial charge >= 0.3 is 11.2 Å². The van der Waals surface area contributed by atoms with Crippen molar-refractivity contribution in [2.24, 2.45) is 17.2 Å². The zero-order valence-corrected chi connectivity index (χ0v) is 25.4. The lowest BCUT2D eigenvalue weighted by molar-refractivity contribution is -0.120. The maximum Gasteiger partial charge on any atom is 0.446 e. The molecule has 11 nitrogen and oxygen atoms in total. The summed E-state index contributed by atoms with van der Waals surface area (Å²) in [5.74, 6) is -0.708. The molecule has 0 fully saturated rings. The van der Waals surface area contributed by atoms with E-state index in [9.17, 15) is 22.8 Å². The van der Waals surface area contributed by atoms with Gasteiger partial charge in [0.1, 0.15) is 11.7 Å². The van der Waals surface area contributed by atoms with Crippen LogP contribution in [0, 0.1) is 5.41 Å². The molecule has 10 N–H and O–H groups in total. The summed E-state index contributed by atoms with van der Waals surface area (Å²) in [6, 6.07) is 12.5. The molecule has 2 aromatic heterocycles. The second-order valence-corrected chi connectivity index (χ2v) is 11.9. The van der Waals surface area contributed by atoms with Gasteiger partial charge in [0, 0.05) is 34.8 Å². The molecule has 4 aromatic rings. The average Bonchev–Trinajstić information content (AvgIpc) is 3.36. The molecule has 0 aliphatic heterocycles. The Morgan fingerprint density at radius 2 is 1.84 bits per heavy atom. The van der Waals surface area contributed by atoms with E-state index >= 15 is 0 Å². The fourth-order valence-corrected chi connectivity index (χ4v) is 5.55. The number of aromatic nitrogens is 3. The maximum absolute atomic E-state index is 13.3. The topological polar surface area (TPSA) is 194 Å². The average molecular weight is 644 g/mol. The predicted molar refractivity (Wildman–Crippen MR) is 170 cm³/mol. The molecule has 45 heavy (non-hydrogen) atoms. The van der Waals surface area contributed by atoms with Gasteiger partial charge in [-0.25, -0.2) is 4.79 Å². The molecule has 0 radical (unpaired) electrons. The van der Waals surface area contributed by atoms with Crippen LogP contribution in [0.2, 0.25) is 0 Å². The van der Waals surface area contributed by atoms with E-state index in [1.165, 1.54) is 10.6 Å². The Morgan fingerprint density at radius 1 is 1.11 bits per heavy atom. The monoisotopic (exact) mass is 643 g/mol. The Hall–Kier alpha value is -4.34. The molecule has 0 spiro atoms. The first-order valence-corrected chi connectivity index (χ1v) is 15.1. The molecule has 2 atom stereocenters. The number of amides is 1. The highest BCUT2D eigenvalue weighted by Gasteiger charge is 2.29. The summed E-state index contributed by atoms with van der Waals surface area (Å²) in [5, 5.41) is 13.5. The highest BCUT2D eigenvalue weighted by atomic mass is 32.2. The maximum atomic E-state index is 13.3. The van der Waals surface area contributed by atoms with Crippen LogP contribution in [0.15, 0.2) is 64.4 Å². The molecule has 1 amide bonds. The first-order chi connectivity index (χ1) is 21.3. The van der Waals surface area contributed by atoms with Crippen LogP contribution in [0.3, 0.4) is 0 Å². The van der Waals surface area contributed by atoms with Crippen LogP contribution in [0.25, 0.3) is 28.0 Å². The number of guanidine groups is 1. The number of carbonyl (C=O) groups is 1. The summed E-state index contributed by atoms with van der Waals surface area (Å²) in [6.07, 6.45) is 4.25. The van der Waals surface area contributed by atoms with Crippen molar-refractivity contribution in [2.75, 3.05) is 13.1 Å². The fourth-order valence-electron chi connectivity index (χ4n) is 4.88. The molecule has 240 valence electrons. The van der Waals surface area contributed by atoms with E-state index < -0.39 is 23.1 Å². The molecular weight excluding hydrogens is 607 g/mol. The van der Waals surface area contributed by atoms with Crippen LogP contribution in [0.5, 0.6) is 0 Å². The zero-order chi connectivity index (χ0) is 32.7. The fraction of sp³-hybridized carbons (Fsp3) is 0.333. The molecule has 0 saturated heterocycles. The van der Waals surface area contributed by atoms with Crippen LogP contribution < -0.4 is 33.5 Å². The number of carbonyl (C=O) groups excluding carboxylic acids is 1. The summed E-state index contributed by atoms with van der Waals surface area (Å²) in [6.45, 7) is 2.79.